The summed E-state index contributed by atoms with van der Waals surface area (Å²) in [6.45, 7) is 26.0. The Morgan fingerprint density at radius 3 is 1.21 bits per heavy atom. The summed E-state index contributed by atoms with van der Waals surface area (Å²) in [4.78, 5) is 0. The van der Waals surface area contributed by atoms with Crippen LogP contribution < -0.4 is 0 Å². The zero-order chi connectivity index (χ0) is 19.4. The number of hydrogen-bond acceptors (Lipinski definition) is 5. The van der Waals surface area contributed by atoms with Gasteiger partial charge in [0.25, 0.3) is 0 Å². The van der Waals surface area contributed by atoms with E-state index in [2.05, 4.69) is 78.6 Å². The number of rotatable bonds is 11. The van der Waals surface area contributed by atoms with Crippen molar-refractivity contribution < 1.29 is 20.9 Å². The van der Waals surface area contributed by atoms with Crippen molar-refractivity contribution in [1.29, 1.82) is 0 Å². The quantitative estimate of drug-likeness (QED) is 0.452. The molecule has 146 valence electrons. The van der Waals surface area contributed by atoms with Crippen LogP contribution in [0, 0.1) is 0 Å². The summed E-state index contributed by atoms with van der Waals surface area (Å²) in [7, 11) is -11.1. The van der Waals surface area contributed by atoms with E-state index in [0.29, 0.717) is 6.23 Å². The molecule has 24 heavy (non-hydrogen) atoms. The largest absolute Gasteiger partial charge is 0.495 e. The van der Waals surface area contributed by atoms with Crippen LogP contribution in [0.4, 0.5) is 0 Å². The van der Waals surface area contributed by atoms with E-state index in [1.165, 1.54) is 0 Å². The van der Waals surface area contributed by atoms with Crippen molar-refractivity contribution >= 4 is 52.1 Å². The van der Waals surface area contributed by atoms with Gasteiger partial charge in [-0.2, -0.15) is 0 Å². The molecule has 0 bridgehead atoms. The summed E-state index contributed by atoms with van der Waals surface area (Å²) in [5, 5.41) is 0. The molecule has 0 aromatic rings. The van der Waals surface area contributed by atoms with Crippen molar-refractivity contribution in [3.8, 4) is 0 Å². The molecular weight excluding hydrogens is 405 g/mol. The first-order valence-corrected chi connectivity index (χ1v) is 25.7. The first kappa shape index (κ1) is 25.1. The van der Waals surface area contributed by atoms with Gasteiger partial charge >= 0.3 is 17.4 Å². The maximum atomic E-state index is 6.61. The van der Waals surface area contributed by atoms with E-state index < -0.39 is 52.1 Å². The van der Waals surface area contributed by atoms with Gasteiger partial charge in [-0.05, 0) is 72.0 Å². The van der Waals surface area contributed by atoms with Crippen molar-refractivity contribution in [2.75, 3.05) is 6.23 Å². The van der Waals surface area contributed by atoms with Crippen LogP contribution in [0.1, 0.15) is 0 Å². The highest BCUT2D eigenvalue weighted by Gasteiger charge is 2.51. The second kappa shape index (κ2) is 8.86. The average Bonchev–Trinajstić information content (AvgIpc) is 2.18. The Bertz CT molecular complexity index is 345. The monoisotopic (exact) mass is 444 g/mol. The summed E-state index contributed by atoms with van der Waals surface area (Å²) in [5.41, 5.74) is 0. The zero-order valence-corrected chi connectivity index (χ0v) is 24.4. The Hall–Kier alpha value is 1.10. The third kappa shape index (κ3) is 12.5. The van der Waals surface area contributed by atoms with Crippen LogP contribution in [0.15, 0.2) is 0 Å². The van der Waals surface area contributed by atoms with Crippen molar-refractivity contribution in [1.82, 2.24) is 0 Å². The third-order valence-electron chi connectivity index (χ3n) is 2.47. The molecule has 0 spiro atoms. The Balaban J connectivity index is 5.62. The van der Waals surface area contributed by atoms with Crippen molar-refractivity contribution in [2.45, 2.75) is 78.6 Å². The molecule has 0 aliphatic heterocycles. The lowest BCUT2D eigenvalue weighted by atomic mass is 11.7. The summed E-state index contributed by atoms with van der Waals surface area (Å²) in [6, 6.07) is 0. The van der Waals surface area contributed by atoms with Crippen LogP contribution in [0.25, 0.3) is 0 Å². The maximum absolute atomic E-state index is 6.61. The fourth-order valence-corrected chi connectivity index (χ4v) is 20.9. The van der Waals surface area contributed by atoms with Crippen LogP contribution >= 0.6 is 0 Å². The van der Waals surface area contributed by atoms with Gasteiger partial charge in [-0.15, -0.1) is 0 Å². The van der Waals surface area contributed by atoms with Gasteiger partial charge in [0.15, 0.2) is 25.0 Å². The summed E-state index contributed by atoms with van der Waals surface area (Å²) in [6.07, 6.45) is 0.416. The van der Waals surface area contributed by atoms with Crippen LogP contribution in [0.3, 0.4) is 0 Å². The average molecular weight is 445 g/mol. The second-order valence-electron chi connectivity index (χ2n) is 9.45. The van der Waals surface area contributed by atoms with E-state index >= 15 is 0 Å². The molecule has 5 nitrogen and oxygen atoms in total. The lowest BCUT2D eigenvalue weighted by Gasteiger charge is -2.43. The lowest BCUT2D eigenvalue weighted by molar-refractivity contribution is 0.186. The molecule has 0 saturated heterocycles. The second-order valence-corrected chi connectivity index (χ2v) is 31.0. The van der Waals surface area contributed by atoms with Gasteiger partial charge in [0.05, 0.1) is 0 Å². The molecule has 0 unspecified atom stereocenters. The van der Waals surface area contributed by atoms with Crippen LogP contribution in [0.2, 0.25) is 78.6 Å². The Morgan fingerprint density at radius 1 is 0.625 bits per heavy atom. The molecule has 0 saturated carbocycles. The Labute approximate surface area is 157 Å². The van der Waals surface area contributed by atoms with Crippen molar-refractivity contribution in [3.63, 3.8) is 0 Å². The van der Waals surface area contributed by atoms with Gasteiger partial charge in [-0.25, -0.2) is 0 Å². The minimum Gasteiger partial charge on any atom is -0.442 e. The molecule has 0 aliphatic carbocycles. The number of hydrogen-bond donors (Lipinski definition) is 0. The van der Waals surface area contributed by atoms with Gasteiger partial charge in [-0.3, -0.25) is 0 Å². The Kier molecular flexibility index (Phi) is 9.27. The molecule has 0 atom stereocenters. The van der Waals surface area contributed by atoms with Gasteiger partial charge in [-0.1, -0.05) is 6.55 Å². The highest BCUT2D eigenvalue weighted by atomic mass is 28.5. The Morgan fingerprint density at radius 2 is 0.958 bits per heavy atom. The van der Waals surface area contributed by atoms with E-state index in [-0.39, 0.29) is 0 Å². The minimum atomic E-state index is -2.91. The van der Waals surface area contributed by atoms with Crippen LogP contribution in [-0.2, 0) is 20.9 Å². The molecule has 0 aliphatic rings. The van der Waals surface area contributed by atoms with Gasteiger partial charge in [0.1, 0.15) is 16.0 Å². The van der Waals surface area contributed by atoms with E-state index in [4.69, 9.17) is 20.9 Å². The predicted octanol–water partition coefficient (Wildman–Crippen LogP) is 3.89. The normalized spacial score (nSPS) is 15.5. The van der Waals surface area contributed by atoms with E-state index in [1.807, 2.05) is 0 Å². The molecular formula is C13H40O5Si6. The minimum absolute atomic E-state index is 0.416. The van der Waals surface area contributed by atoms with E-state index in [1.54, 1.807) is 0 Å². The maximum Gasteiger partial charge on any atom is 0.495 e. The highest BCUT2D eigenvalue weighted by Crippen LogP contribution is 2.27. The van der Waals surface area contributed by atoms with E-state index in [9.17, 15) is 0 Å². The summed E-state index contributed by atoms with van der Waals surface area (Å²) < 4.78 is 32.1. The van der Waals surface area contributed by atoms with Gasteiger partial charge < -0.3 is 20.9 Å². The topological polar surface area (TPSA) is 46.2 Å². The fourth-order valence-electron chi connectivity index (χ4n) is 2.20. The lowest BCUT2D eigenvalue weighted by Crippen LogP contribution is -2.64. The van der Waals surface area contributed by atoms with Crippen LogP contribution in [0.5, 0.6) is 0 Å². The molecule has 0 aromatic heterocycles. The van der Waals surface area contributed by atoms with Crippen molar-refractivity contribution in [3.05, 3.63) is 0 Å². The van der Waals surface area contributed by atoms with Crippen molar-refractivity contribution in [2.24, 2.45) is 0 Å². The third-order valence-corrected chi connectivity index (χ3v) is 19.1. The highest BCUT2D eigenvalue weighted by molar-refractivity contribution is 6.90. The zero-order valence-electron chi connectivity index (χ0n) is 18.0. The first-order chi connectivity index (χ1) is 10.4. The van der Waals surface area contributed by atoms with E-state index in [0.717, 1.165) is 0 Å². The SMILES string of the molecule is C[SiH2]O[Si](C)(C)OC[Si](O[Si](C)(C)C)(O[Si](C)(C)C)O[Si](C)(C)C. The molecule has 0 fully saturated rings. The molecule has 0 heterocycles. The molecule has 0 amide bonds. The summed E-state index contributed by atoms with van der Waals surface area (Å²) >= 11 is 0. The molecule has 11 heteroatoms. The predicted molar refractivity (Wildman–Crippen MR) is 118 cm³/mol. The molecule has 0 N–H and O–H groups in total. The van der Waals surface area contributed by atoms with Gasteiger partial charge in [0, 0.05) is 0 Å². The molecule has 0 aromatic carbocycles. The summed E-state index contributed by atoms with van der Waals surface area (Å²) in [5.74, 6) is 0. The van der Waals surface area contributed by atoms with Crippen LogP contribution in [-0.4, -0.2) is 58.3 Å². The smallest absolute Gasteiger partial charge is 0.442 e. The molecule has 0 radical (unpaired) electrons. The standard InChI is InChI=1S/C13H40O5Si6/c1-19-15-23(11,12)14-13-24(16-20(2,3)4,17-21(5,6)7)18-22(8,9)10/h13,19H2,1-12H3. The first-order valence-electron chi connectivity index (χ1n) is 8.77. The fraction of sp³-hybridized carbons (Fsp3) is 1.00. The molecule has 0 rings (SSSR count). The van der Waals surface area contributed by atoms with Gasteiger partial charge in [0.2, 0.25) is 0 Å².